The summed E-state index contributed by atoms with van der Waals surface area (Å²) < 4.78 is 17.3. The highest BCUT2D eigenvalue weighted by Gasteiger charge is 2.40. The van der Waals surface area contributed by atoms with Crippen molar-refractivity contribution in [2.45, 2.75) is 58.0 Å². The average Bonchev–Trinajstić information content (AvgIpc) is 3.28. The monoisotopic (exact) mass is 505 g/mol. The highest BCUT2D eigenvalue weighted by molar-refractivity contribution is 9.10. The third-order valence-corrected chi connectivity index (χ3v) is 6.71. The zero-order valence-electron chi connectivity index (χ0n) is 18.3. The lowest BCUT2D eigenvalue weighted by molar-refractivity contribution is -0.142. The fourth-order valence-electron chi connectivity index (χ4n) is 4.64. The maximum absolute atomic E-state index is 13.3. The zero-order chi connectivity index (χ0) is 22.8. The highest BCUT2D eigenvalue weighted by atomic mass is 79.9. The molecule has 1 aromatic carbocycles. The summed E-state index contributed by atoms with van der Waals surface area (Å²) in [7, 11) is 0. The molecule has 2 aliphatic heterocycles. The second-order valence-corrected chi connectivity index (χ2v) is 9.14. The smallest absolute Gasteiger partial charge is 0.336 e. The van der Waals surface area contributed by atoms with E-state index < -0.39 is 11.9 Å². The predicted octanol–water partition coefficient (Wildman–Crippen LogP) is 4.24. The quantitative estimate of drug-likeness (QED) is 0.558. The van der Waals surface area contributed by atoms with E-state index in [4.69, 9.17) is 14.2 Å². The molecule has 2 heterocycles. The van der Waals surface area contributed by atoms with Gasteiger partial charge in [-0.1, -0.05) is 0 Å². The molecule has 0 radical (unpaired) electrons. The maximum atomic E-state index is 13.3. The fourth-order valence-corrected chi connectivity index (χ4v) is 5.10. The van der Waals surface area contributed by atoms with Gasteiger partial charge in [-0.3, -0.25) is 4.79 Å². The van der Waals surface area contributed by atoms with Crippen LogP contribution in [0.15, 0.2) is 39.1 Å². The molecule has 0 saturated carbocycles. The minimum Gasteiger partial charge on any atom is -0.503 e. The molecule has 0 aromatic heterocycles. The standard InChI is InChI=1S/C24H28BrNO6/c1-3-30-19-11-14(10-16(25)23(19)28)21-20(24(29)32-12-15-6-5-9-31-15)13(2)26-17-7-4-8-18(27)22(17)21/h10-11,15,21,26,28H,3-9,12H2,1-2H3/t15-,21+/m0/s1. The summed E-state index contributed by atoms with van der Waals surface area (Å²) >= 11 is 3.39. The van der Waals surface area contributed by atoms with Gasteiger partial charge in [0.05, 0.1) is 22.8 Å². The lowest BCUT2D eigenvalue weighted by atomic mass is 9.75. The summed E-state index contributed by atoms with van der Waals surface area (Å²) in [5, 5.41) is 13.7. The molecule has 7 nitrogen and oxygen atoms in total. The number of allylic oxidation sites excluding steroid dienone is 3. The Morgan fingerprint density at radius 2 is 2.12 bits per heavy atom. The molecule has 4 rings (SSSR count). The molecule has 172 valence electrons. The largest absolute Gasteiger partial charge is 0.503 e. The molecule has 2 N–H and O–H groups in total. The van der Waals surface area contributed by atoms with Crippen molar-refractivity contribution in [1.29, 1.82) is 0 Å². The molecule has 1 fully saturated rings. The van der Waals surface area contributed by atoms with Crippen LogP contribution < -0.4 is 10.1 Å². The number of aromatic hydroxyl groups is 1. The van der Waals surface area contributed by atoms with Crippen molar-refractivity contribution < 1.29 is 28.9 Å². The van der Waals surface area contributed by atoms with Crippen LogP contribution in [0.2, 0.25) is 0 Å². The van der Waals surface area contributed by atoms with Crippen molar-refractivity contribution >= 4 is 27.7 Å². The van der Waals surface area contributed by atoms with Crippen LogP contribution in [-0.2, 0) is 19.1 Å². The van der Waals surface area contributed by atoms with E-state index in [9.17, 15) is 14.7 Å². The Balaban J connectivity index is 1.76. The molecule has 0 bridgehead atoms. The second-order valence-electron chi connectivity index (χ2n) is 8.28. The van der Waals surface area contributed by atoms with Gasteiger partial charge in [-0.15, -0.1) is 0 Å². The number of esters is 1. The first-order valence-corrected chi connectivity index (χ1v) is 11.9. The van der Waals surface area contributed by atoms with E-state index in [1.165, 1.54) is 0 Å². The van der Waals surface area contributed by atoms with Gasteiger partial charge in [0.1, 0.15) is 6.61 Å². The van der Waals surface area contributed by atoms with E-state index in [2.05, 4.69) is 21.2 Å². The minimum atomic E-state index is -0.604. The number of phenolic OH excluding ortho intramolecular Hbond substituents is 1. The Bertz CT molecular complexity index is 992. The molecule has 3 aliphatic rings. The van der Waals surface area contributed by atoms with E-state index >= 15 is 0 Å². The fraction of sp³-hybridized carbons (Fsp3) is 0.500. The average molecular weight is 506 g/mol. The lowest BCUT2D eigenvalue weighted by Crippen LogP contribution is -2.35. The molecular formula is C24H28BrNO6. The van der Waals surface area contributed by atoms with Crippen LogP contribution in [-0.4, -0.2) is 42.8 Å². The maximum Gasteiger partial charge on any atom is 0.336 e. The number of benzene rings is 1. The van der Waals surface area contributed by atoms with Crippen LogP contribution in [0.4, 0.5) is 0 Å². The number of hydrogen-bond donors (Lipinski definition) is 2. The van der Waals surface area contributed by atoms with Crippen LogP contribution in [0.3, 0.4) is 0 Å². The molecule has 0 amide bonds. The minimum absolute atomic E-state index is 0.0165. The number of Topliss-reactive ketones (excluding diaryl/α,β-unsaturated/α-hetero) is 1. The first kappa shape index (κ1) is 22.9. The zero-order valence-corrected chi connectivity index (χ0v) is 19.9. The molecule has 2 atom stereocenters. The van der Waals surface area contributed by atoms with Gasteiger partial charge < -0.3 is 24.6 Å². The number of nitrogens with one attached hydrogen (secondary N) is 1. The van der Waals surface area contributed by atoms with E-state index in [0.29, 0.717) is 52.3 Å². The van der Waals surface area contributed by atoms with Crippen molar-refractivity contribution in [3.8, 4) is 11.5 Å². The lowest BCUT2D eigenvalue weighted by Gasteiger charge is -2.34. The second kappa shape index (κ2) is 9.67. The Morgan fingerprint density at radius 1 is 1.31 bits per heavy atom. The highest BCUT2D eigenvalue weighted by Crippen LogP contribution is 2.46. The number of dihydropyridines is 1. The van der Waals surface area contributed by atoms with Gasteiger partial charge in [-0.25, -0.2) is 4.79 Å². The van der Waals surface area contributed by atoms with Gasteiger partial charge in [0.15, 0.2) is 17.3 Å². The van der Waals surface area contributed by atoms with Gasteiger partial charge in [-0.05, 0) is 73.2 Å². The normalized spacial score (nSPS) is 23.2. The molecular weight excluding hydrogens is 478 g/mol. The molecule has 1 aliphatic carbocycles. The molecule has 1 aromatic rings. The number of carbonyl (C=O) groups excluding carboxylic acids is 2. The van der Waals surface area contributed by atoms with Gasteiger partial charge in [0.25, 0.3) is 0 Å². The number of halogens is 1. The molecule has 0 spiro atoms. The van der Waals surface area contributed by atoms with Crippen LogP contribution in [0.5, 0.6) is 11.5 Å². The third-order valence-electron chi connectivity index (χ3n) is 6.10. The number of rotatable bonds is 6. The first-order chi connectivity index (χ1) is 15.4. The summed E-state index contributed by atoms with van der Waals surface area (Å²) in [4.78, 5) is 26.3. The molecule has 8 heteroatoms. The Labute approximate surface area is 195 Å². The number of ketones is 1. The van der Waals surface area contributed by atoms with Crippen LogP contribution >= 0.6 is 15.9 Å². The Morgan fingerprint density at radius 3 is 2.84 bits per heavy atom. The summed E-state index contributed by atoms with van der Waals surface area (Å²) in [6.07, 6.45) is 3.68. The van der Waals surface area contributed by atoms with Crippen molar-refractivity contribution in [3.05, 3.63) is 44.7 Å². The number of hydrogen-bond acceptors (Lipinski definition) is 7. The predicted molar refractivity (Wildman–Crippen MR) is 121 cm³/mol. The van der Waals surface area contributed by atoms with E-state index in [-0.39, 0.29) is 24.2 Å². The van der Waals surface area contributed by atoms with Crippen LogP contribution in [0.25, 0.3) is 0 Å². The van der Waals surface area contributed by atoms with Gasteiger partial charge in [0, 0.05) is 35.9 Å². The van der Waals surface area contributed by atoms with Crippen molar-refractivity contribution in [3.63, 3.8) is 0 Å². The SMILES string of the molecule is CCOc1cc([C@@H]2C(C(=O)OC[C@@H]3CCCO3)=C(C)NC3=C2C(=O)CCC3)cc(Br)c1O. The number of phenols is 1. The van der Waals surface area contributed by atoms with Crippen LogP contribution in [0.1, 0.15) is 57.4 Å². The Hall–Kier alpha value is -2.32. The first-order valence-electron chi connectivity index (χ1n) is 11.1. The van der Waals surface area contributed by atoms with E-state index in [1.54, 1.807) is 12.1 Å². The number of ether oxygens (including phenoxy) is 3. The van der Waals surface area contributed by atoms with Gasteiger partial charge in [-0.2, -0.15) is 0 Å². The number of carbonyl (C=O) groups is 2. The molecule has 1 saturated heterocycles. The van der Waals surface area contributed by atoms with Crippen LogP contribution in [0, 0.1) is 0 Å². The van der Waals surface area contributed by atoms with Crippen molar-refractivity contribution in [2.75, 3.05) is 19.8 Å². The summed E-state index contributed by atoms with van der Waals surface area (Å²) in [6, 6.07) is 3.44. The van der Waals surface area contributed by atoms with Crippen molar-refractivity contribution in [1.82, 2.24) is 5.32 Å². The summed E-state index contributed by atoms with van der Waals surface area (Å²) in [5.41, 5.74) is 3.19. The summed E-state index contributed by atoms with van der Waals surface area (Å²) in [6.45, 7) is 4.89. The van der Waals surface area contributed by atoms with Gasteiger partial charge >= 0.3 is 5.97 Å². The topological polar surface area (TPSA) is 94.1 Å². The Kier molecular flexibility index (Phi) is 6.90. The molecule has 0 unspecified atom stereocenters. The molecule has 32 heavy (non-hydrogen) atoms. The summed E-state index contributed by atoms with van der Waals surface area (Å²) in [5.74, 6) is -0.778. The van der Waals surface area contributed by atoms with Gasteiger partial charge in [0.2, 0.25) is 0 Å². The van der Waals surface area contributed by atoms with Crippen molar-refractivity contribution in [2.24, 2.45) is 0 Å². The third kappa shape index (κ3) is 4.43. The van der Waals surface area contributed by atoms with E-state index in [0.717, 1.165) is 31.4 Å². The van der Waals surface area contributed by atoms with E-state index in [1.807, 2.05) is 13.8 Å².